The SMILES string of the molecule is CCCCOc1ccc(C)cc1S. The predicted octanol–water partition coefficient (Wildman–Crippen LogP) is 3.46. The van der Waals surface area contributed by atoms with Gasteiger partial charge in [0.2, 0.25) is 0 Å². The van der Waals surface area contributed by atoms with Gasteiger partial charge in [-0.15, -0.1) is 12.6 Å². The van der Waals surface area contributed by atoms with Gasteiger partial charge >= 0.3 is 0 Å². The van der Waals surface area contributed by atoms with Crippen molar-refractivity contribution < 1.29 is 4.74 Å². The van der Waals surface area contributed by atoms with E-state index >= 15 is 0 Å². The van der Waals surface area contributed by atoms with Crippen molar-refractivity contribution in [3.63, 3.8) is 0 Å². The number of rotatable bonds is 4. The summed E-state index contributed by atoms with van der Waals surface area (Å²) in [4.78, 5) is 0.927. The summed E-state index contributed by atoms with van der Waals surface area (Å²) >= 11 is 4.34. The fourth-order valence-corrected chi connectivity index (χ4v) is 1.42. The molecule has 2 heteroatoms. The van der Waals surface area contributed by atoms with Gasteiger partial charge in [0.15, 0.2) is 0 Å². The molecule has 1 nitrogen and oxygen atoms in total. The molecular weight excluding hydrogens is 180 g/mol. The second-order valence-corrected chi connectivity index (χ2v) is 3.65. The van der Waals surface area contributed by atoms with Gasteiger partial charge in [-0.1, -0.05) is 19.4 Å². The van der Waals surface area contributed by atoms with Crippen molar-refractivity contribution in [1.82, 2.24) is 0 Å². The number of hydrogen-bond donors (Lipinski definition) is 1. The molecule has 0 saturated heterocycles. The van der Waals surface area contributed by atoms with Gasteiger partial charge in [-0.25, -0.2) is 0 Å². The Hall–Kier alpha value is -0.630. The quantitative estimate of drug-likeness (QED) is 0.573. The first-order chi connectivity index (χ1) is 6.24. The summed E-state index contributed by atoms with van der Waals surface area (Å²) in [5, 5.41) is 0. The molecule has 72 valence electrons. The normalized spacial score (nSPS) is 10.1. The minimum absolute atomic E-state index is 0.785. The summed E-state index contributed by atoms with van der Waals surface area (Å²) in [5.74, 6) is 0.891. The Balaban J connectivity index is 2.56. The zero-order valence-corrected chi connectivity index (χ0v) is 9.10. The third-order valence-corrected chi connectivity index (χ3v) is 2.22. The van der Waals surface area contributed by atoms with E-state index in [9.17, 15) is 0 Å². The minimum atomic E-state index is 0.785. The molecule has 0 fully saturated rings. The Morgan fingerprint density at radius 1 is 1.38 bits per heavy atom. The van der Waals surface area contributed by atoms with Crippen LogP contribution in [0.5, 0.6) is 5.75 Å². The molecule has 0 saturated carbocycles. The zero-order chi connectivity index (χ0) is 9.68. The highest BCUT2D eigenvalue weighted by Gasteiger charge is 1.98. The van der Waals surface area contributed by atoms with E-state index in [4.69, 9.17) is 4.74 Å². The first kappa shape index (κ1) is 10.5. The lowest BCUT2D eigenvalue weighted by atomic mass is 10.2. The third kappa shape index (κ3) is 3.31. The van der Waals surface area contributed by atoms with Crippen molar-refractivity contribution in [2.75, 3.05) is 6.61 Å². The lowest BCUT2D eigenvalue weighted by molar-refractivity contribution is 0.302. The van der Waals surface area contributed by atoms with E-state index in [0.29, 0.717) is 0 Å². The molecule has 0 bridgehead atoms. The van der Waals surface area contributed by atoms with Crippen LogP contribution in [0, 0.1) is 6.92 Å². The third-order valence-electron chi connectivity index (χ3n) is 1.87. The minimum Gasteiger partial charge on any atom is -0.492 e. The van der Waals surface area contributed by atoms with Crippen LogP contribution in [-0.4, -0.2) is 6.61 Å². The number of hydrogen-bond acceptors (Lipinski definition) is 2. The fourth-order valence-electron chi connectivity index (χ4n) is 1.08. The van der Waals surface area contributed by atoms with E-state index in [1.165, 1.54) is 5.56 Å². The topological polar surface area (TPSA) is 9.23 Å². The fraction of sp³-hybridized carbons (Fsp3) is 0.455. The van der Waals surface area contributed by atoms with Crippen LogP contribution >= 0.6 is 12.6 Å². The molecular formula is C11H16OS. The van der Waals surface area contributed by atoms with Gasteiger partial charge < -0.3 is 4.74 Å². The van der Waals surface area contributed by atoms with Crippen LogP contribution < -0.4 is 4.74 Å². The Morgan fingerprint density at radius 3 is 2.77 bits per heavy atom. The predicted molar refractivity (Wildman–Crippen MR) is 58.8 cm³/mol. The Kier molecular flexibility index (Phi) is 4.16. The average Bonchev–Trinajstić information content (AvgIpc) is 2.09. The maximum absolute atomic E-state index is 5.56. The molecule has 1 aromatic carbocycles. The number of thiol groups is 1. The van der Waals surface area contributed by atoms with Gasteiger partial charge in [0.05, 0.1) is 6.61 Å². The van der Waals surface area contributed by atoms with Gasteiger partial charge in [0, 0.05) is 4.90 Å². The van der Waals surface area contributed by atoms with Crippen molar-refractivity contribution in [1.29, 1.82) is 0 Å². The first-order valence-corrected chi connectivity index (χ1v) is 5.11. The molecule has 0 atom stereocenters. The van der Waals surface area contributed by atoms with Crippen LogP contribution in [0.3, 0.4) is 0 Å². The summed E-state index contributed by atoms with van der Waals surface area (Å²) in [5.41, 5.74) is 1.22. The molecule has 0 unspecified atom stereocenters. The van der Waals surface area contributed by atoms with Gasteiger partial charge in [-0.3, -0.25) is 0 Å². The maximum Gasteiger partial charge on any atom is 0.132 e. The van der Waals surface area contributed by atoms with E-state index in [1.54, 1.807) is 0 Å². The highest BCUT2D eigenvalue weighted by atomic mass is 32.1. The Bertz CT molecular complexity index is 271. The highest BCUT2D eigenvalue weighted by molar-refractivity contribution is 7.80. The van der Waals surface area contributed by atoms with E-state index < -0.39 is 0 Å². The molecule has 1 aromatic rings. The molecule has 0 N–H and O–H groups in total. The summed E-state index contributed by atoms with van der Waals surface area (Å²) in [6.07, 6.45) is 2.26. The average molecular weight is 196 g/mol. The molecule has 0 spiro atoms. The summed E-state index contributed by atoms with van der Waals surface area (Å²) in [6.45, 7) is 4.99. The zero-order valence-electron chi connectivity index (χ0n) is 8.21. The smallest absolute Gasteiger partial charge is 0.132 e. The summed E-state index contributed by atoms with van der Waals surface area (Å²) in [6, 6.07) is 6.04. The molecule has 0 radical (unpaired) electrons. The molecule has 0 amide bonds. The summed E-state index contributed by atoms with van der Waals surface area (Å²) in [7, 11) is 0. The Labute approximate surface area is 85.5 Å². The lowest BCUT2D eigenvalue weighted by Crippen LogP contribution is -1.97. The van der Waals surface area contributed by atoms with E-state index in [-0.39, 0.29) is 0 Å². The second-order valence-electron chi connectivity index (χ2n) is 3.17. The van der Waals surface area contributed by atoms with Crippen LogP contribution in [0.1, 0.15) is 25.3 Å². The van der Waals surface area contributed by atoms with Crippen LogP contribution in [0.4, 0.5) is 0 Å². The first-order valence-electron chi connectivity index (χ1n) is 4.66. The van der Waals surface area contributed by atoms with Gasteiger partial charge in [-0.2, -0.15) is 0 Å². The van der Waals surface area contributed by atoms with Crippen LogP contribution in [-0.2, 0) is 0 Å². The number of ether oxygens (including phenoxy) is 1. The van der Waals surface area contributed by atoms with Crippen molar-refractivity contribution in [3.8, 4) is 5.75 Å². The molecule has 0 aliphatic heterocycles. The standard InChI is InChI=1S/C11H16OS/c1-3-4-7-12-10-6-5-9(2)8-11(10)13/h5-6,8,13H,3-4,7H2,1-2H3. The van der Waals surface area contributed by atoms with Crippen LogP contribution in [0.15, 0.2) is 23.1 Å². The van der Waals surface area contributed by atoms with E-state index in [2.05, 4.69) is 26.5 Å². The highest BCUT2D eigenvalue weighted by Crippen LogP contribution is 2.23. The maximum atomic E-state index is 5.56. The van der Waals surface area contributed by atoms with E-state index in [1.807, 2.05) is 18.2 Å². The largest absolute Gasteiger partial charge is 0.492 e. The molecule has 0 aromatic heterocycles. The molecule has 0 aliphatic rings. The van der Waals surface area contributed by atoms with Crippen molar-refractivity contribution in [3.05, 3.63) is 23.8 Å². The Morgan fingerprint density at radius 2 is 2.15 bits per heavy atom. The molecule has 0 aliphatic carbocycles. The van der Waals surface area contributed by atoms with Crippen molar-refractivity contribution in [2.24, 2.45) is 0 Å². The van der Waals surface area contributed by atoms with Gasteiger partial charge in [-0.05, 0) is 31.0 Å². The number of unbranched alkanes of at least 4 members (excludes halogenated alkanes) is 1. The van der Waals surface area contributed by atoms with Crippen LogP contribution in [0.25, 0.3) is 0 Å². The molecule has 0 heterocycles. The van der Waals surface area contributed by atoms with Crippen LogP contribution in [0.2, 0.25) is 0 Å². The van der Waals surface area contributed by atoms with Gasteiger partial charge in [0.1, 0.15) is 5.75 Å². The molecule has 13 heavy (non-hydrogen) atoms. The van der Waals surface area contributed by atoms with E-state index in [0.717, 1.165) is 30.1 Å². The molecule has 1 rings (SSSR count). The second kappa shape index (κ2) is 5.18. The lowest BCUT2D eigenvalue weighted by Gasteiger charge is -2.07. The number of aryl methyl sites for hydroxylation is 1. The van der Waals surface area contributed by atoms with Crippen molar-refractivity contribution in [2.45, 2.75) is 31.6 Å². The number of benzene rings is 1. The monoisotopic (exact) mass is 196 g/mol. The van der Waals surface area contributed by atoms with Gasteiger partial charge in [0.25, 0.3) is 0 Å². The summed E-state index contributed by atoms with van der Waals surface area (Å²) < 4.78 is 5.56. The van der Waals surface area contributed by atoms with Crippen molar-refractivity contribution >= 4 is 12.6 Å².